The molecule has 1 aromatic heterocycles. The molecule has 3 aromatic rings. The Kier molecular flexibility index (Phi) is 6.56. The smallest absolute Gasteiger partial charge is 0.406 e. The number of pyridine rings is 1. The number of carbonyl (C=O) groups excluding carboxylic acids is 1. The standard InChI is InChI=1S/C26H24F3N3O5S/c1-16(33)30-20-4-8-22(9-5-20)38(35,36)31-13-17-12-19(15-31)24-11-10-23(25(34)32(24)14-17)18-2-6-21(7-3-18)37-26(27,28)29/h2-11,17,19H,12-15H2,1H3,(H,30,33). The highest BCUT2D eigenvalue weighted by atomic mass is 32.2. The van der Waals surface area contributed by atoms with E-state index in [1.165, 1.54) is 47.6 Å². The van der Waals surface area contributed by atoms with Gasteiger partial charge in [0.1, 0.15) is 5.75 Å². The first-order valence-electron chi connectivity index (χ1n) is 11.9. The van der Waals surface area contributed by atoms with E-state index >= 15 is 0 Å². The van der Waals surface area contributed by atoms with Crippen molar-refractivity contribution in [2.45, 2.75) is 37.1 Å². The number of benzene rings is 2. The predicted molar refractivity (Wildman–Crippen MR) is 133 cm³/mol. The van der Waals surface area contributed by atoms with Crippen LogP contribution in [0.4, 0.5) is 18.9 Å². The summed E-state index contributed by atoms with van der Waals surface area (Å²) in [6.07, 6.45) is -4.06. The third-order valence-electron chi connectivity index (χ3n) is 6.78. The number of anilines is 1. The van der Waals surface area contributed by atoms with Gasteiger partial charge in [-0.2, -0.15) is 4.31 Å². The maximum absolute atomic E-state index is 13.4. The van der Waals surface area contributed by atoms with Crippen molar-refractivity contribution in [2.75, 3.05) is 18.4 Å². The van der Waals surface area contributed by atoms with Crippen molar-refractivity contribution in [3.63, 3.8) is 0 Å². The SMILES string of the molecule is CC(=O)Nc1ccc(S(=O)(=O)N2CC3CC(C2)c2ccc(-c4ccc(OC(F)(F)F)cc4)c(=O)n2C3)cc1. The summed E-state index contributed by atoms with van der Waals surface area (Å²) in [5, 5.41) is 2.61. The fraction of sp³-hybridized carbons (Fsp3) is 0.308. The van der Waals surface area contributed by atoms with Crippen LogP contribution in [0.25, 0.3) is 11.1 Å². The molecule has 3 heterocycles. The van der Waals surface area contributed by atoms with E-state index in [0.717, 1.165) is 24.2 Å². The van der Waals surface area contributed by atoms with E-state index in [4.69, 9.17) is 0 Å². The van der Waals surface area contributed by atoms with Crippen LogP contribution in [0, 0.1) is 5.92 Å². The number of fused-ring (bicyclic) bond motifs is 4. The van der Waals surface area contributed by atoms with Gasteiger partial charge in [-0.1, -0.05) is 12.1 Å². The van der Waals surface area contributed by atoms with Crippen LogP contribution in [0.1, 0.15) is 25.0 Å². The minimum atomic E-state index is -4.80. The molecule has 1 amide bonds. The summed E-state index contributed by atoms with van der Waals surface area (Å²) in [6, 6.07) is 14.5. The molecular weight excluding hydrogens is 523 g/mol. The van der Waals surface area contributed by atoms with Crippen LogP contribution in [0.3, 0.4) is 0 Å². The summed E-state index contributed by atoms with van der Waals surface area (Å²) < 4.78 is 71.1. The molecule has 12 heteroatoms. The first-order chi connectivity index (χ1) is 17.9. The quantitative estimate of drug-likeness (QED) is 0.517. The zero-order chi connectivity index (χ0) is 27.2. The summed E-state index contributed by atoms with van der Waals surface area (Å²) in [4.78, 5) is 24.7. The topological polar surface area (TPSA) is 97.7 Å². The number of piperidine rings is 1. The summed E-state index contributed by atoms with van der Waals surface area (Å²) in [5.41, 5.74) is 1.76. The van der Waals surface area contributed by atoms with Gasteiger partial charge in [0, 0.05) is 49.4 Å². The van der Waals surface area contributed by atoms with Crippen molar-refractivity contribution >= 4 is 21.6 Å². The number of ether oxygens (including phenoxy) is 1. The zero-order valence-corrected chi connectivity index (χ0v) is 21.1. The summed E-state index contributed by atoms with van der Waals surface area (Å²) in [6.45, 7) is 2.17. The Labute approximate surface area is 216 Å². The van der Waals surface area contributed by atoms with Gasteiger partial charge in [-0.15, -0.1) is 13.2 Å². The van der Waals surface area contributed by atoms with Crippen LogP contribution in [-0.2, 0) is 21.4 Å². The van der Waals surface area contributed by atoms with Crippen LogP contribution >= 0.6 is 0 Å². The van der Waals surface area contributed by atoms with Crippen LogP contribution in [-0.4, -0.2) is 42.6 Å². The molecule has 0 radical (unpaired) electrons. The number of sulfonamides is 1. The minimum absolute atomic E-state index is 0.0785. The van der Waals surface area contributed by atoms with Gasteiger partial charge >= 0.3 is 6.36 Å². The first kappa shape index (κ1) is 26.0. The molecule has 200 valence electrons. The molecule has 2 atom stereocenters. The van der Waals surface area contributed by atoms with Crippen LogP contribution < -0.4 is 15.6 Å². The third kappa shape index (κ3) is 5.18. The number of hydrogen-bond acceptors (Lipinski definition) is 5. The fourth-order valence-corrected chi connectivity index (χ4v) is 6.78. The number of aromatic nitrogens is 1. The lowest BCUT2D eigenvalue weighted by Gasteiger charge is -2.42. The van der Waals surface area contributed by atoms with Crippen LogP contribution in [0.2, 0.25) is 0 Å². The van der Waals surface area contributed by atoms with E-state index in [1.807, 2.05) is 0 Å². The largest absolute Gasteiger partial charge is 0.573 e. The van der Waals surface area contributed by atoms with E-state index in [-0.39, 0.29) is 47.0 Å². The second-order valence-electron chi connectivity index (χ2n) is 9.49. The summed E-state index contributed by atoms with van der Waals surface area (Å²) in [5.74, 6) is -0.889. The van der Waals surface area contributed by atoms with Gasteiger partial charge in [0.05, 0.1) is 4.90 Å². The highest BCUT2D eigenvalue weighted by molar-refractivity contribution is 7.89. The maximum Gasteiger partial charge on any atom is 0.573 e. The van der Waals surface area contributed by atoms with E-state index in [9.17, 15) is 31.2 Å². The van der Waals surface area contributed by atoms with Crippen molar-refractivity contribution in [3.8, 4) is 16.9 Å². The number of alkyl halides is 3. The maximum atomic E-state index is 13.4. The molecule has 5 rings (SSSR count). The van der Waals surface area contributed by atoms with Gasteiger partial charge < -0.3 is 14.6 Å². The second kappa shape index (κ2) is 9.59. The number of hydrogen-bond donors (Lipinski definition) is 1. The summed E-state index contributed by atoms with van der Waals surface area (Å²) in [7, 11) is -3.79. The molecule has 8 nitrogen and oxygen atoms in total. The van der Waals surface area contributed by atoms with Crippen LogP contribution in [0.15, 0.2) is 70.4 Å². The number of rotatable bonds is 5. The lowest BCUT2D eigenvalue weighted by molar-refractivity contribution is -0.274. The number of amides is 1. The normalized spacial score (nSPS) is 19.5. The molecule has 1 saturated heterocycles. The number of nitrogens with zero attached hydrogens (tertiary/aromatic N) is 2. The van der Waals surface area contributed by atoms with Gasteiger partial charge in [0.2, 0.25) is 15.9 Å². The van der Waals surface area contributed by atoms with Crippen molar-refractivity contribution in [3.05, 3.63) is 76.7 Å². The summed E-state index contributed by atoms with van der Waals surface area (Å²) >= 11 is 0. The van der Waals surface area contributed by atoms with Gasteiger partial charge in [-0.25, -0.2) is 8.42 Å². The molecule has 38 heavy (non-hydrogen) atoms. The first-order valence-corrected chi connectivity index (χ1v) is 13.3. The molecule has 2 aliphatic rings. The molecular formula is C26H24F3N3O5S. The lowest BCUT2D eigenvalue weighted by atomic mass is 9.84. The predicted octanol–water partition coefficient (Wildman–Crippen LogP) is 4.18. The average Bonchev–Trinajstić information content (AvgIpc) is 2.84. The highest BCUT2D eigenvalue weighted by Crippen LogP contribution is 2.38. The van der Waals surface area contributed by atoms with Gasteiger partial charge in [-0.05, 0) is 66.4 Å². The van der Waals surface area contributed by atoms with Crippen molar-refractivity contribution in [1.29, 1.82) is 0 Å². The van der Waals surface area contributed by atoms with Crippen LogP contribution in [0.5, 0.6) is 5.75 Å². The average molecular weight is 548 g/mol. The van der Waals surface area contributed by atoms with Gasteiger partial charge in [0.15, 0.2) is 0 Å². The second-order valence-corrected chi connectivity index (χ2v) is 11.4. The Hall–Kier alpha value is -3.64. The molecule has 1 fully saturated rings. The zero-order valence-electron chi connectivity index (χ0n) is 20.2. The fourth-order valence-electron chi connectivity index (χ4n) is 5.22. The Morgan fingerprint density at radius 2 is 1.66 bits per heavy atom. The Morgan fingerprint density at radius 3 is 2.29 bits per heavy atom. The van der Waals surface area contributed by atoms with Crippen molar-refractivity contribution in [1.82, 2.24) is 8.87 Å². The molecule has 2 aromatic carbocycles. The molecule has 2 unspecified atom stereocenters. The number of nitrogens with one attached hydrogen (secondary N) is 1. The van der Waals surface area contributed by atoms with Gasteiger partial charge in [-0.3, -0.25) is 9.59 Å². The van der Waals surface area contributed by atoms with Crippen molar-refractivity contribution < 1.29 is 31.1 Å². The number of carbonyl (C=O) groups is 1. The van der Waals surface area contributed by atoms with E-state index < -0.39 is 16.4 Å². The minimum Gasteiger partial charge on any atom is -0.406 e. The van der Waals surface area contributed by atoms with E-state index in [1.54, 1.807) is 16.7 Å². The molecule has 0 saturated carbocycles. The molecule has 2 aliphatic heterocycles. The Balaban J connectivity index is 1.38. The monoisotopic (exact) mass is 547 g/mol. The van der Waals surface area contributed by atoms with E-state index in [2.05, 4.69) is 10.1 Å². The Morgan fingerprint density at radius 1 is 0.974 bits per heavy atom. The van der Waals surface area contributed by atoms with Crippen molar-refractivity contribution in [2.24, 2.45) is 5.92 Å². The Bertz CT molecular complexity index is 1530. The molecule has 1 N–H and O–H groups in total. The van der Waals surface area contributed by atoms with Gasteiger partial charge in [0.25, 0.3) is 5.56 Å². The molecule has 0 aliphatic carbocycles. The van der Waals surface area contributed by atoms with E-state index in [0.29, 0.717) is 23.4 Å². The lowest BCUT2D eigenvalue weighted by Crippen LogP contribution is -2.49. The number of halogens is 3. The molecule has 2 bridgehead atoms. The highest BCUT2D eigenvalue weighted by Gasteiger charge is 2.40. The molecule has 0 spiro atoms. The third-order valence-corrected chi connectivity index (χ3v) is 8.63.